The Balaban J connectivity index is 1.36. The van der Waals surface area contributed by atoms with Gasteiger partial charge in [-0.15, -0.1) is 0 Å². The maximum absolute atomic E-state index is 13.4. The van der Waals surface area contributed by atoms with Crippen LogP contribution in [0.3, 0.4) is 0 Å². The summed E-state index contributed by atoms with van der Waals surface area (Å²) in [6, 6.07) is 14.3. The van der Waals surface area contributed by atoms with E-state index in [1.165, 1.54) is 30.5 Å². The SMILES string of the molecule is C[C@@H]1CNCC[C@H]1CCc1cccc(-c2ccnc(CCCc3cc(F)cc(F)c3)n2)c1. The molecule has 4 rings (SSSR count). The van der Waals surface area contributed by atoms with Crippen LogP contribution in [-0.2, 0) is 19.3 Å². The first-order valence-electron chi connectivity index (χ1n) is 11.6. The van der Waals surface area contributed by atoms with Crippen molar-refractivity contribution in [1.29, 1.82) is 0 Å². The van der Waals surface area contributed by atoms with Crippen molar-refractivity contribution in [2.24, 2.45) is 11.8 Å². The Hall–Kier alpha value is -2.66. The Morgan fingerprint density at radius 3 is 2.62 bits per heavy atom. The summed E-state index contributed by atoms with van der Waals surface area (Å²) >= 11 is 0. The summed E-state index contributed by atoms with van der Waals surface area (Å²) in [5, 5.41) is 3.48. The van der Waals surface area contributed by atoms with E-state index in [1.807, 2.05) is 6.07 Å². The molecule has 32 heavy (non-hydrogen) atoms. The topological polar surface area (TPSA) is 37.8 Å². The fourth-order valence-electron chi connectivity index (χ4n) is 4.62. The van der Waals surface area contributed by atoms with Gasteiger partial charge in [0.25, 0.3) is 0 Å². The van der Waals surface area contributed by atoms with Gasteiger partial charge in [0.15, 0.2) is 0 Å². The Morgan fingerprint density at radius 2 is 1.81 bits per heavy atom. The molecule has 2 aromatic carbocycles. The minimum absolute atomic E-state index is 0.534. The van der Waals surface area contributed by atoms with E-state index in [0.29, 0.717) is 18.4 Å². The van der Waals surface area contributed by atoms with Crippen LogP contribution in [-0.4, -0.2) is 23.1 Å². The van der Waals surface area contributed by atoms with Crippen molar-refractivity contribution in [3.8, 4) is 11.3 Å². The van der Waals surface area contributed by atoms with Gasteiger partial charge in [0, 0.05) is 24.2 Å². The molecular weight excluding hydrogens is 404 g/mol. The lowest BCUT2D eigenvalue weighted by molar-refractivity contribution is 0.259. The van der Waals surface area contributed by atoms with Crippen LogP contribution in [0.2, 0.25) is 0 Å². The van der Waals surface area contributed by atoms with E-state index in [0.717, 1.165) is 60.9 Å². The van der Waals surface area contributed by atoms with Gasteiger partial charge in [0.2, 0.25) is 0 Å². The highest BCUT2D eigenvalue weighted by Crippen LogP contribution is 2.25. The first kappa shape index (κ1) is 22.5. The first-order valence-corrected chi connectivity index (χ1v) is 11.6. The van der Waals surface area contributed by atoms with E-state index in [-0.39, 0.29) is 0 Å². The smallest absolute Gasteiger partial charge is 0.128 e. The van der Waals surface area contributed by atoms with Crippen molar-refractivity contribution in [1.82, 2.24) is 15.3 Å². The summed E-state index contributed by atoms with van der Waals surface area (Å²) in [5.74, 6) is 1.21. The van der Waals surface area contributed by atoms with Crippen molar-refractivity contribution in [3.63, 3.8) is 0 Å². The number of hydrogen-bond donors (Lipinski definition) is 1. The number of nitrogens with one attached hydrogen (secondary N) is 1. The summed E-state index contributed by atoms with van der Waals surface area (Å²) in [4.78, 5) is 9.14. The van der Waals surface area contributed by atoms with E-state index in [4.69, 9.17) is 4.98 Å². The third kappa shape index (κ3) is 6.19. The zero-order chi connectivity index (χ0) is 22.3. The highest BCUT2D eigenvalue weighted by Gasteiger charge is 2.20. The second-order valence-corrected chi connectivity index (χ2v) is 8.96. The minimum atomic E-state index is -0.534. The third-order valence-corrected chi connectivity index (χ3v) is 6.48. The molecule has 0 saturated carbocycles. The van der Waals surface area contributed by atoms with E-state index >= 15 is 0 Å². The van der Waals surface area contributed by atoms with E-state index in [9.17, 15) is 8.78 Å². The number of halogens is 2. The Morgan fingerprint density at radius 1 is 0.969 bits per heavy atom. The molecule has 2 atom stereocenters. The number of aromatic nitrogens is 2. The predicted octanol–water partition coefficient (Wildman–Crippen LogP) is 5.78. The van der Waals surface area contributed by atoms with Gasteiger partial charge < -0.3 is 5.32 Å². The molecule has 1 N–H and O–H groups in total. The van der Waals surface area contributed by atoms with Crippen LogP contribution in [0.4, 0.5) is 8.78 Å². The molecule has 1 saturated heterocycles. The normalized spacial score (nSPS) is 18.6. The average molecular weight is 436 g/mol. The van der Waals surface area contributed by atoms with Crippen molar-refractivity contribution in [2.45, 2.75) is 45.4 Å². The minimum Gasteiger partial charge on any atom is -0.316 e. The molecule has 5 heteroatoms. The van der Waals surface area contributed by atoms with Crippen LogP contribution in [0.15, 0.2) is 54.7 Å². The number of nitrogens with zero attached hydrogens (tertiary/aromatic N) is 2. The van der Waals surface area contributed by atoms with Gasteiger partial charge >= 0.3 is 0 Å². The van der Waals surface area contributed by atoms with E-state index in [1.54, 1.807) is 6.20 Å². The summed E-state index contributed by atoms with van der Waals surface area (Å²) < 4.78 is 26.7. The second kappa shape index (κ2) is 10.8. The first-order chi connectivity index (χ1) is 15.6. The number of rotatable bonds is 8. The highest BCUT2D eigenvalue weighted by atomic mass is 19.1. The predicted molar refractivity (Wildman–Crippen MR) is 124 cm³/mol. The van der Waals surface area contributed by atoms with Crippen molar-refractivity contribution < 1.29 is 8.78 Å². The molecule has 2 heterocycles. The number of piperidine rings is 1. The van der Waals surface area contributed by atoms with Crippen LogP contribution in [0.25, 0.3) is 11.3 Å². The standard InChI is InChI=1S/C27H31F2N3/c1-19-18-30-12-10-22(19)9-8-20-4-2-6-23(14-20)26-11-13-31-27(32-26)7-3-5-21-15-24(28)17-25(29)16-21/h2,4,6,11,13-17,19,22,30H,3,5,7-10,12,18H2,1H3/t19-,22-/m1/s1. The van der Waals surface area contributed by atoms with Crippen molar-refractivity contribution in [3.05, 3.63) is 83.3 Å². The van der Waals surface area contributed by atoms with Crippen molar-refractivity contribution in [2.75, 3.05) is 13.1 Å². The van der Waals surface area contributed by atoms with Gasteiger partial charge in [-0.3, -0.25) is 0 Å². The van der Waals surface area contributed by atoms with Gasteiger partial charge in [-0.05, 0) is 92.4 Å². The van der Waals surface area contributed by atoms with Crippen molar-refractivity contribution >= 4 is 0 Å². The zero-order valence-corrected chi connectivity index (χ0v) is 18.7. The summed E-state index contributed by atoms with van der Waals surface area (Å²) in [5.41, 5.74) is 4.04. The third-order valence-electron chi connectivity index (χ3n) is 6.48. The zero-order valence-electron chi connectivity index (χ0n) is 18.7. The lowest BCUT2D eigenvalue weighted by Crippen LogP contribution is -2.35. The molecule has 168 valence electrons. The Bertz CT molecular complexity index is 1020. The maximum atomic E-state index is 13.4. The van der Waals surface area contributed by atoms with Gasteiger partial charge in [-0.25, -0.2) is 18.7 Å². The van der Waals surface area contributed by atoms with Crippen LogP contribution < -0.4 is 5.32 Å². The molecule has 3 nitrogen and oxygen atoms in total. The van der Waals surface area contributed by atoms with Crippen LogP contribution in [0.5, 0.6) is 0 Å². The largest absolute Gasteiger partial charge is 0.316 e. The van der Waals surface area contributed by atoms with Gasteiger partial charge in [0.1, 0.15) is 17.5 Å². The van der Waals surface area contributed by atoms with Crippen LogP contribution in [0, 0.1) is 23.5 Å². The molecule has 1 aliphatic heterocycles. The molecule has 1 aromatic heterocycles. The molecule has 0 aliphatic carbocycles. The Labute approximate surface area is 189 Å². The quantitative estimate of drug-likeness (QED) is 0.488. The lowest BCUT2D eigenvalue weighted by atomic mass is 9.83. The van der Waals surface area contributed by atoms with E-state index in [2.05, 4.69) is 41.5 Å². The van der Waals surface area contributed by atoms with E-state index < -0.39 is 11.6 Å². The summed E-state index contributed by atoms with van der Waals surface area (Å²) in [6.45, 7) is 4.61. The molecule has 1 aliphatic rings. The number of benzene rings is 2. The summed E-state index contributed by atoms with van der Waals surface area (Å²) in [7, 11) is 0. The molecular formula is C27H31F2N3. The van der Waals surface area contributed by atoms with Gasteiger partial charge in [-0.1, -0.05) is 25.1 Å². The average Bonchev–Trinajstić information content (AvgIpc) is 2.78. The summed E-state index contributed by atoms with van der Waals surface area (Å²) in [6.07, 6.45) is 7.36. The number of aryl methyl sites for hydroxylation is 3. The molecule has 0 amide bonds. The molecule has 1 fully saturated rings. The van der Waals surface area contributed by atoms with Crippen LogP contribution >= 0.6 is 0 Å². The maximum Gasteiger partial charge on any atom is 0.128 e. The van der Waals surface area contributed by atoms with Gasteiger partial charge in [-0.2, -0.15) is 0 Å². The van der Waals surface area contributed by atoms with Gasteiger partial charge in [0.05, 0.1) is 5.69 Å². The monoisotopic (exact) mass is 435 g/mol. The fourth-order valence-corrected chi connectivity index (χ4v) is 4.62. The molecule has 3 aromatic rings. The highest BCUT2D eigenvalue weighted by molar-refractivity contribution is 5.59. The fraction of sp³-hybridized carbons (Fsp3) is 0.407. The molecule has 0 unspecified atom stereocenters. The molecule has 0 radical (unpaired) electrons. The second-order valence-electron chi connectivity index (χ2n) is 8.96. The van der Waals surface area contributed by atoms with Crippen LogP contribution in [0.1, 0.15) is 43.1 Å². The Kier molecular flexibility index (Phi) is 7.59. The molecule has 0 bridgehead atoms. The molecule has 0 spiro atoms. The number of hydrogen-bond acceptors (Lipinski definition) is 3. The lowest BCUT2D eigenvalue weighted by Gasteiger charge is -2.29.